The maximum Gasteiger partial charge on any atom is 0.158 e. The van der Waals surface area contributed by atoms with Gasteiger partial charge >= 0.3 is 0 Å². The van der Waals surface area contributed by atoms with Crippen LogP contribution in [0.5, 0.6) is 0 Å². The summed E-state index contributed by atoms with van der Waals surface area (Å²) in [6.07, 6.45) is 5.01. The summed E-state index contributed by atoms with van der Waals surface area (Å²) in [7, 11) is 0. The monoisotopic (exact) mass is 407 g/mol. The molecule has 1 unspecified atom stereocenters. The van der Waals surface area contributed by atoms with E-state index in [2.05, 4.69) is 66.8 Å². The van der Waals surface area contributed by atoms with Gasteiger partial charge in [0.25, 0.3) is 0 Å². The molecule has 152 valence electrons. The minimum atomic E-state index is 0.447. The molecule has 1 saturated heterocycles. The average Bonchev–Trinajstić information content (AvgIpc) is 3.45. The summed E-state index contributed by atoms with van der Waals surface area (Å²) < 4.78 is 1.89. The van der Waals surface area contributed by atoms with E-state index in [9.17, 15) is 0 Å². The molecule has 0 spiro atoms. The molecule has 1 fully saturated rings. The van der Waals surface area contributed by atoms with E-state index in [0.717, 1.165) is 17.8 Å². The number of likely N-dealkylation sites (tertiary alicyclic amines) is 1. The molecule has 0 aromatic carbocycles. The lowest BCUT2D eigenvalue weighted by molar-refractivity contribution is 0.354. The van der Waals surface area contributed by atoms with E-state index in [1.165, 1.54) is 52.1 Å². The number of nitrogens with one attached hydrogen (secondary N) is 1. The summed E-state index contributed by atoms with van der Waals surface area (Å²) in [4.78, 5) is 13.6. The first-order chi connectivity index (χ1) is 14.0. The molecule has 0 saturated carbocycles. The molecule has 0 bridgehead atoms. The summed E-state index contributed by atoms with van der Waals surface area (Å²) >= 11 is 1.97. The van der Waals surface area contributed by atoms with E-state index in [-0.39, 0.29) is 0 Å². The highest BCUT2D eigenvalue weighted by Gasteiger charge is 2.29. The van der Waals surface area contributed by atoms with Crippen LogP contribution in [0, 0.1) is 13.8 Å². The Labute approximate surface area is 175 Å². The molecule has 0 radical (unpaired) electrons. The lowest BCUT2D eigenvalue weighted by Gasteiger charge is -2.14. The normalized spacial score (nSPS) is 18.1. The molecule has 5 heterocycles. The molecule has 29 heavy (non-hydrogen) atoms. The van der Waals surface area contributed by atoms with Crippen LogP contribution in [0.15, 0.2) is 18.6 Å². The van der Waals surface area contributed by atoms with Crippen molar-refractivity contribution >= 4 is 27.2 Å². The predicted octanol–water partition coefficient (Wildman–Crippen LogP) is 5.49. The highest BCUT2D eigenvalue weighted by molar-refractivity contribution is 7.19. The molecule has 1 aliphatic rings. The molecule has 6 heteroatoms. The van der Waals surface area contributed by atoms with Gasteiger partial charge in [-0.15, -0.1) is 11.3 Å². The molecule has 0 amide bonds. The molecule has 5 nitrogen and oxygen atoms in total. The standard InChI is InChI=1S/C23H29N5S/c1-6-27-8-7-16(10-27)21-15(5)19-18(13(2)3)20(26-23(19)29-21)17-9-14(4)22-24-12-25-28(22)11-17/h9,11-13,16,26H,6-8,10H2,1-5H3. The van der Waals surface area contributed by atoms with Crippen LogP contribution in [-0.4, -0.2) is 44.1 Å². The Morgan fingerprint density at radius 2 is 2.14 bits per heavy atom. The quantitative estimate of drug-likeness (QED) is 0.487. The Kier molecular flexibility index (Phi) is 4.51. The highest BCUT2D eigenvalue weighted by atomic mass is 32.1. The maximum absolute atomic E-state index is 4.37. The highest BCUT2D eigenvalue weighted by Crippen LogP contribution is 2.45. The number of nitrogens with zero attached hydrogens (tertiary/aromatic N) is 4. The molecule has 1 N–H and O–H groups in total. The second-order valence-corrected chi connectivity index (χ2v) is 9.73. The van der Waals surface area contributed by atoms with E-state index in [4.69, 9.17) is 0 Å². The van der Waals surface area contributed by atoms with Gasteiger partial charge in [-0.3, -0.25) is 0 Å². The van der Waals surface area contributed by atoms with Crippen LogP contribution in [0.3, 0.4) is 0 Å². The smallest absolute Gasteiger partial charge is 0.158 e. The fourth-order valence-electron chi connectivity index (χ4n) is 5.01. The number of likely N-dealkylation sites (N-methyl/N-ethyl adjacent to an activating group) is 1. The fraction of sp³-hybridized carbons (Fsp3) is 0.478. The van der Waals surface area contributed by atoms with Gasteiger partial charge in [0, 0.05) is 34.5 Å². The predicted molar refractivity (Wildman–Crippen MR) is 121 cm³/mol. The van der Waals surface area contributed by atoms with Crippen LogP contribution in [0.2, 0.25) is 0 Å². The third kappa shape index (κ3) is 2.92. The summed E-state index contributed by atoms with van der Waals surface area (Å²) in [5, 5.41) is 5.82. The van der Waals surface area contributed by atoms with Crippen molar-refractivity contribution in [2.75, 3.05) is 19.6 Å². The molecule has 4 aromatic heterocycles. The van der Waals surface area contributed by atoms with Crippen molar-refractivity contribution in [1.29, 1.82) is 0 Å². The van der Waals surface area contributed by atoms with Crippen LogP contribution in [0.25, 0.3) is 27.1 Å². The van der Waals surface area contributed by atoms with E-state index in [1.54, 1.807) is 11.2 Å². The minimum absolute atomic E-state index is 0.447. The number of aromatic amines is 1. The third-order valence-electron chi connectivity index (χ3n) is 6.48. The molecule has 0 aliphatic carbocycles. The summed E-state index contributed by atoms with van der Waals surface area (Å²) in [6, 6.07) is 2.23. The molecule has 1 atom stereocenters. The molecular weight excluding hydrogens is 378 g/mol. The largest absolute Gasteiger partial charge is 0.346 e. The summed E-state index contributed by atoms with van der Waals surface area (Å²) in [5.74, 6) is 1.13. The van der Waals surface area contributed by atoms with Crippen molar-refractivity contribution in [3.63, 3.8) is 0 Å². The van der Waals surface area contributed by atoms with Crippen LogP contribution < -0.4 is 0 Å². The zero-order valence-corrected chi connectivity index (χ0v) is 18.7. The molecule has 5 rings (SSSR count). The van der Waals surface area contributed by atoms with E-state index >= 15 is 0 Å². The topological polar surface area (TPSA) is 49.2 Å². The summed E-state index contributed by atoms with van der Waals surface area (Å²) in [6.45, 7) is 14.9. The van der Waals surface area contributed by atoms with Gasteiger partial charge < -0.3 is 9.88 Å². The van der Waals surface area contributed by atoms with Crippen molar-refractivity contribution in [3.05, 3.63) is 40.2 Å². The number of aryl methyl sites for hydroxylation is 2. The lowest BCUT2D eigenvalue weighted by atomic mass is 9.94. The zero-order chi connectivity index (χ0) is 20.3. The van der Waals surface area contributed by atoms with Crippen molar-refractivity contribution in [2.45, 2.75) is 52.9 Å². The number of hydrogen-bond acceptors (Lipinski definition) is 4. The Bertz CT molecular complexity index is 1200. The molecule has 4 aromatic rings. The van der Waals surface area contributed by atoms with Gasteiger partial charge in [0.1, 0.15) is 11.2 Å². The van der Waals surface area contributed by atoms with Gasteiger partial charge in [0.2, 0.25) is 0 Å². The number of rotatable bonds is 4. The Morgan fingerprint density at radius 1 is 1.31 bits per heavy atom. The van der Waals surface area contributed by atoms with Gasteiger partial charge in [-0.2, -0.15) is 5.10 Å². The number of hydrogen-bond donors (Lipinski definition) is 1. The first kappa shape index (κ1) is 18.8. The summed E-state index contributed by atoms with van der Waals surface area (Å²) in [5.41, 5.74) is 7.41. The van der Waals surface area contributed by atoms with Crippen LogP contribution >= 0.6 is 11.3 Å². The Hall–Kier alpha value is -2.18. The number of fused-ring (bicyclic) bond motifs is 2. The second kappa shape index (κ2) is 6.96. The van der Waals surface area contributed by atoms with Gasteiger partial charge in [-0.1, -0.05) is 20.8 Å². The Balaban J connectivity index is 1.66. The maximum atomic E-state index is 4.37. The van der Waals surface area contributed by atoms with E-state index in [0.29, 0.717) is 11.8 Å². The fourth-order valence-corrected chi connectivity index (χ4v) is 6.36. The number of thiophene rings is 1. The number of aromatic nitrogens is 4. The number of pyridine rings is 1. The van der Waals surface area contributed by atoms with E-state index in [1.807, 2.05) is 15.9 Å². The van der Waals surface area contributed by atoms with Crippen molar-refractivity contribution in [1.82, 2.24) is 24.5 Å². The SMILES string of the molecule is CCN1CCC(c2sc3[nH]c(-c4cc(C)c5ncnn5c4)c(C(C)C)c3c2C)C1. The average molecular weight is 408 g/mol. The minimum Gasteiger partial charge on any atom is -0.346 e. The van der Waals surface area contributed by atoms with Crippen molar-refractivity contribution in [2.24, 2.45) is 0 Å². The first-order valence-electron chi connectivity index (χ1n) is 10.7. The van der Waals surface area contributed by atoms with Crippen molar-refractivity contribution in [3.8, 4) is 11.3 Å². The van der Waals surface area contributed by atoms with E-state index < -0.39 is 0 Å². The second-order valence-electron chi connectivity index (χ2n) is 8.68. The lowest BCUT2D eigenvalue weighted by Crippen LogP contribution is -2.19. The van der Waals surface area contributed by atoms with Gasteiger partial charge in [-0.05, 0) is 62.0 Å². The molecule has 1 aliphatic heterocycles. The molecular formula is C23H29N5S. The Morgan fingerprint density at radius 3 is 2.86 bits per heavy atom. The first-order valence-corrected chi connectivity index (χ1v) is 11.5. The van der Waals surface area contributed by atoms with Crippen LogP contribution in [-0.2, 0) is 0 Å². The van der Waals surface area contributed by atoms with Crippen LogP contribution in [0.4, 0.5) is 0 Å². The third-order valence-corrected chi connectivity index (χ3v) is 7.85. The van der Waals surface area contributed by atoms with Gasteiger partial charge in [-0.25, -0.2) is 9.50 Å². The van der Waals surface area contributed by atoms with Crippen molar-refractivity contribution < 1.29 is 0 Å². The number of H-pyrrole nitrogens is 1. The van der Waals surface area contributed by atoms with Crippen LogP contribution in [0.1, 0.15) is 60.6 Å². The zero-order valence-electron chi connectivity index (χ0n) is 17.9. The van der Waals surface area contributed by atoms with Gasteiger partial charge in [0.15, 0.2) is 5.65 Å². The van der Waals surface area contributed by atoms with Gasteiger partial charge in [0.05, 0.1) is 5.69 Å².